The summed E-state index contributed by atoms with van der Waals surface area (Å²) < 4.78 is 0. The van der Waals surface area contributed by atoms with Crippen molar-refractivity contribution in [2.75, 3.05) is 0 Å². The standard InChI is InChI=1S/C8H11BrN2/c1-6-2-7(3-9)8(4-10)5-11-6/h2,5H,3-4,10H2,1H3. The Kier molecular flexibility index (Phi) is 3.02. The predicted molar refractivity (Wildman–Crippen MR) is 49.5 cm³/mol. The number of hydrogen-bond acceptors (Lipinski definition) is 2. The predicted octanol–water partition coefficient (Wildman–Crippen LogP) is 1.74. The van der Waals surface area contributed by atoms with E-state index in [1.807, 2.05) is 13.1 Å². The molecule has 0 atom stereocenters. The first-order chi connectivity index (χ1) is 5.27. The number of nitrogens with zero attached hydrogens (tertiary/aromatic N) is 1. The minimum atomic E-state index is 0.564. The molecule has 0 aromatic carbocycles. The van der Waals surface area contributed by atoms with E-state index >= 15 is 0 Å². The lowest BCUT2D eigenvalue weighted by Gasteiger charge is -2.03. The number of nitrogens with two attached hydrogens (primary N) is 1. The SMILES string of the molecule is Cc1cc(CBr)c(CN)cn1. The maximum atomic E-state index is 5.52. The average Bonchev–Trinajstić information content (AvgIpc) is 2.04. The van der Waals surface area contributed by atoms with Crippen molar-refractivity contribution >= 4 is 15.9 Å². The van der Waals surface area contributed by atoms with Crippen molar-refractivity contribution in [2.45, 2.75) is 18.8 Å². The van der Waals surface area contributed by atoms with Gasteiger partial charge in [-0.2, -0.15) is 0 Å². The minimum Gasteiger partial charge on any atom is -0.326 e. The summed E-state index contributed by atoms with van der Waals surface area (Å²) in [6, 6.07) is 2.05. The Morgan fingerprint density at radius 3 is 2.82 bits per heavy atom. The van der Waals surface area contributed by atoms with E-state index in [0.717, 1.165) is 16.6 Å². The van der Waals surface area contributed by atoms with Gasteiger partial charge in [0.15, 0.2) is 0 Å². The van der Waals surface area contributed by atoms with Crippen molar-refractivity contribution in [2.24, 2.45) is 5.73 Å². The van der Waals surface area contributed by atoms with Gasteiger partial charge in [-0.3, -0.25) is 4.98 Å². The third-order valence-corrected chi connectivity index (χ3v) is 2.19. The van der Waals surface area contributed by atoms with Crippen LogP contribution >= 0.6 is 15.9 Å². The molecule has 0 amide bonds. The van der Waals surface area contributed by atoms with E-state index in [2.05, 4.69) is 27.0 Å². The monoisotopic (exact) mass is 214 g/mol. The van der Waals surface area contributed by atoms with Crippen LogP contribution in [0.1, 0.15) is 16.8 Å². The van der Waals surface area contributed by atoms with Crippen LogP contribution in [-0.4, -0.2) is 4.98 Å². The van der Waals surface area contributed by atoms with Crippen molar-refractivity contribution in [1.29, 1.82) is 0 Å². The summed E-state index contributed by atoms with van der Waals surface area (Å²) in [5.74, 6) is 0. The number of rotatable bonds is 2. The van der Waals surface area contributed by atoms with Gasteiger partial charge in [0.1, 0.15) is 0 Å². The Morgan fingerprint density at radius 2 is 2.27 bits per heavy atom. The topological polar surface area (TPSA) is 38.9 Å². The molecule has 0 aliphatic heterocycles. The summed E-state index contributed by atoms with van der Waals surface area (Å²) in [6.45, 7) is 2.54. The molecular weight excluding hydrogens is 204 g/mol. The molecule has 2 nitrogen and oxygen atoms in total. The molecule has 11 heavy (non-hydrogen) atoms. The van der Waals surface area contributed by atoms with E-state index in [0.29, 0.717) is 6.54 Å². The Hall–Kier alpha value is -0.410. The number of alkyl halides is 1. The third kappa shape index (κ3) is 2.01. The van der Waals surface area contributed by atoms with Gasteiger partial charge in [-0.25, -0.2) is 0 Å². The van der Waals surface area contributed by atoms with Gasteiger partial charge in [0.05, 0.1) is 0 Å². The lowest BCUT2D eigenvalue weighted by atomic mass is 10.1. The number of hydrogen-bond donors (Lipinski definition) is 1. The van der Waals surface area contributed by atoms with Crippen LogP contribution in [0.5, 0.6) is 0 Å². The van der Waals surface area contributed by atoms with Crippen LogP contribution in [-0.2, 0) is 11.9 Å². The fraction of sp³-hybridized carbons (Fsp3) is 0.375. The molecule has 0 unspecified atom stereocenters. The first-order valence-electron chi connectivity index (χ1n) is 3.48. The third-order valence-electron chi connectivity index (χ3n) is 1.58. The van der Waals surface area contributed by atoms with Gasteiger partial charge >= 0.3 is 0 Å². The zero-order valence-electron chi connectivity index (χ0n) is 6.47. The molecule has 1 rings (SSSR count). The second-order valence-corrected chi connectivity index (χ2v) is 2.99. The van der Waals surface area contributed by atoms with Crippen LogP contribution in [0.15, 0.2) is 12.3 Å². The molecule has 0 bridgehead atoms. The largest absolute Gasteiger partial charge is 0.326 e. The summed E-state index contributed by atoms with van der Waals surface area (Å²) in [6.07, 6.45) is 1.84. The molecule has 0 spiro atoms. The van der Waals surface area contributed by atoms with Crippen LogP contribution in [0.4, 0.5) is 0 Å². The summed E-state index contributed by atoms with van der Waals surface area (Å²) in [5, 5.41) is 0.850. The fourth-order valence-corrected chi connectivity index (χ4v) is 1.47. The van der Waals surface area contributed by atoms with Crippen LogP contribution in [0, 0.1) is 6.92 Å². The number of halogens is 1. The quantitative estimate of drug-likeness (QED) is 0.763. The van der Waals surface area contributed by atoms with Crippen molar-refractivity contribution in [1.82, 2.24) is 4.98 Å². The molecule has 3 heteroatoms. The van der Waals surface area contributed by atoms with Crippen molar-refractivity contribution < 1.29 is 0 Å². The van der Waals surface area contributed by atoms with E-state index in [1.54, 1.807) is 0 Å². The van der Waals surface area contributed by atoms with Crippen molar-refractivity contribution in [3.8, 4) is 0 Å². The Balaban J connectivity index is 3.06. The van der Waals surface area contributed by atoms with Crippen LogP contribution < -0.4 is 5.73 Å². The Labute approximate surface area is 75.0 Å². The second kappa shape index (κ2) is 3.83. The van der Waals surface area contributed by atoms with E-state index in [4.69, 9.17) is 5.73 Å². The highest BCUT2D eigenvalue weighted by atomic mass is 79.9. The highest BCUT2D eigenvalue weighted by molar-refractivity contribution is 9.08. The summed E-state index contributed by atoms with van der Waals surface area (Å²) in [5.41, 5.74) is 8.91. The van der Waals surface area contributed by atoms with Gasteiger partial charge in [0, 0.05) is 23.8 Å². The number of pyridine rings is 1. The first kappa shape index (κ1) is 8.68. The molecule has 0 saturated heterocycles. The molecular formula is C8H11BrN2. The van der Waals surface area contributed by atoms with Gasteiger partial charge in [0.2, 0.25) is 0 Å². The smallest absolute Gasteiger partial charge is 0.0375 e. The minimum absolute atomic E-state index is 0.564. The zero-order valence-corrected chi connectivity index (χ0v) is 8.06. The van der Waals surface area contributed by atoms with Crippen LogP contribution in [0.25, 0.3) is 0 Å². The maximum absolute atomic E-state index is 5.52. The molecule has 1 aromatic heterocycles. The molecule has 0 saturated carbocycles. The normalized spacial score (nSPS) is 10.1. The van der Waals surface area contributed by atoms with E-state index < -0.39 is 0 Å². The highest BCUT2D eigenvalue weighted by Gasteiger charge is 1.99. The molecule has 2 N–H and O–H groups in total. The lowest BCUT2D eigenvalue weighted by Crippen LogP contribution is -2.01. The van der Waals surface area contributed by atoms with Gasteiger partial charge in [0.25, 0.3) is 0 Å². The second-order valence-electron chi connectivity index (χ2n) is 2.43. The van der Waals surface area contributed by atoms with E-state index in [-0.39, 0.29) is 0 Å². The van der Waals surface area contributed by atoms with E-state index in [9.17, 15) is 0 Å². The Morgan fingerprint density at radius 1 is 1.55 bits per heavy atom. The van der Waals surface area contributed by atoms with E-state index in [1.165, 1.54) is 5.56 Å². The van der Waals surface area contributed by atoms with Crippen molar-refractivity contribution in [3.05, 3.63) is 29.1 Å². The molecule has 1 heterocycles. The first-order valence-corrected chi connectivity index (χ1v) is 4.60. The van der Waals surface area contributed by atoms with Gasteiger partial charge in [-0.05, 0) is 24.1 Å². The molecule has 1 aromatic rings. The van der Waals surface area contributed by atoms with Crippen LogP contribution in [0.3, 0.4) is 0 Å². The highest BCUT2D eigenvalue weighted by Crippen LogP contribution is 2.11. The van der Waals surface area contributed by atoms with Crippen LogP contribution in [0.2, 0.25) is 0 Å². The Bertz CT molecular complexity index is 248. The average molecular weight is 215 g/mol. The molecule has 60 valence electrons. The molecule has 0 fully saturated rings. The fourth-order valence-electron chi connectivity index (χ4n) is 0.953. The number of aryl methyl sites for hydroxylation is 1. The molecule has 0 aliphatic carbocycles. The van der Waals surface area contributed by atoms with Gasteiger partial charge in [-0.15, -0.1) is 0 Å². The molecule has 0 radical (unpaired) electrons. The summed E-state index contributed by atoms with van der Waals surface area (Å²) in [7, 11) is 0. The number of aromatic nitrogens is 1. The van der Waals surface area contributed by atoms with Gasteiger partial charge < -0.3 is 5.73 Å². The zero-order chi connectivity index (χ0) is 8.27. The molecule has 0 aliphatic rings. The van der Waals surface area contributed by atoms with Crippen molar-refractivity contribution in [3.63, 3.8) is 0 Å². The summed E-state index contributed by atoms with van der Waals surface area (Å²) >= 11 is 3.40. The maximum Gasteiger partial charge on any atom is 0.0375 e. The lowest BCUT2D eigenvalue weighted by molar-refractivity contribution is 1.01. The van der Waals surface area contributed by atoms with Gasteiger partial charge in [-0.1, -0.05) is 15.9 Å². The summed E-state index contributed by atoms with van der Waals surface area (Å²) in [4.78, 5) is 4.16.